The van der Waals surface area contributed by atoms with Gasteiger partial charge in [-0.25, -0.2) is 0 Å². The topological polar surface area (TPSA) is 95.9 Å². The molecule has 0 aliphatic carbocycles. The quantitative estimate of drug-likeness (QED) is 0.0320. The number of amides is 1. The molecule has 0 bridgehead atoms. The first-order chi connectivity index (χ1) is 35.0. The van der Waals surface area contributed by atoms with E-state index in [1.165, 1.54) is 276 Å². The van der Waals surface area contributed by atoms with Crippen molar-refractivity contribution in [2.24, 2.45) is 0 Å². The van der Waals surface area contributed by atoms with Crippen LogP contribution in [0.2, 0.25) is 0 Å². The summed E-state index contributed by atoms with van der Waals surface area (Å²) in [5.41, 5.74) is 0. The second-order valence-corrected chi connectivity index (χ2v) is 22.1. The molecule has 0 rings (SSSR count). The van der Waals surface area contributed by atoms with Gasteiger partial charge in [0.05, 0.1) is 25.4 Å². The third-order valence-electron chi connectivity index (χ3n) is 15.0. The molecule has 2 atom stereocenters. The van der Waals surface area contributed by atoms with E-state index in [4.69, 9.17) is 4.74 Å². The highest BCUT2D eigenvalue weighted by atomic mass is 16.5. The average molecular weight is 1000 g/mol. The number of hydrogen-bond acceptors (Lipinski definition) is 5. The molecule has 420 valence electrons. The Morgan fingerprint density at radius 1 is 0.380 bits per heavy atom. The zero-order valence-corrected chi connectivity index (χ0v) is 48.0. The second kappa shape index (κ2) is 60.9. The Balaban J connectivity index is 3.35. The van der Waals surface area contributed by atoms with Gasteiger partial charge in [0.1, 0.15) is 0 Å². The summed E-state index contributed by atoms with van der Waals surface area (Å²) in [6.07, 6.45) is 74.9. The number of carbonyl (C=O) groups excluding carboxylic acids is 2. The third kappa shape index (κ3) is 57.5. The van der Waals surface area contributed by atoms with Crippen LogP contribution in [0.25, 0.3) is 0 Å². The lowest BCUT2D eigenvalue weighted by Gasteiger charge is -2.22. The molecule has 0 aromatic carbocycles. The fourth-order valence-corrected chi connectivity index (χ4v) is 10.0. The molecule has 0 aromatic heterocycles. The van der Waals surface area contributed by atoms with Gasteiger partial charge < -0.3 is 20.3 Å². The molecule has 0 fully saturated rings. The summed E-state index contributed by atoms with van der Waals surface area (Å²) in [5, 5.41) is 23.2. The Labute approximate surface area is 443 Å². The van der Waals surface area contributed by atoms with Crippen LogP contribution in [0.4, 0.5) is 0 Å². The number of esters is 1. The molecule has 0 saturated heterocycles. The number of aliphatic hydroxyl groups is 2. The van der Waals surface area contributed by atoms with Crippen molar-refractivity contribution in [2.75, 3.05) is 13.2 Å². The Hall–Kier alpha value is -1.66. The molecule has 0 radical (unpaired) electrons. The minimum atomic E-state index is -0.663. The summed E-state index contributed by atoms with van der Waals surface area (Å²) in [6, 6.07) is -0.541. The number of nitrogens with one attached hydrogen (secondary N) is 1. The monoisotopic (exact) mass is 1000 g/mol. The summed E-state index contributed by atoms with van der Waals surface area (Å²) in [4.78, 5) is 24.5. The van der Waals surface area contributed by atoms with Crippen molar-refractivity contribution in [3.8, 4) is 0 Å². The van der Waals surface area contributed by atoms with E-state index in [0.717, 1.165) is 44.9 Å². The van der Waals surface area contributed by atoms with Crippen LogP contribution in [0.3, 0.4) is 0 Å². The number of unbranched alkanes of at least 4 members (excludes halogenated alkanes) is 45. The minimum Gasteiger partial charge on any atom is -0.466 e. The minimum absolute atomic E-state index is 0.0117. The molecule has 0 saturated carbocycles. The number of rotatable bonds is 60. The van der Waals surface area contributed by atoms with Crippen LogP contribution in [-0.2, 0) is 14.3 Å². The molecule has 71 heavy (non-hydrogen) atoms. The van der Waals surface area contributed by atoms with Crippen LogP contribution < -0.4 is 5.32 Å². The average Bonchev–Trinajstić information content (AvgIpc) is 3.37. The lowest BCUT2D eigenvalue weighted by atomic mass is 10.0. The van der Waals surface area contributed by atoms with Crippen LogP contribution in [-0.4, -0.2) is 47.4 Å². The number of hydrogen-bond donors (Lipinski definition) is 3. The molecule has 0 aliphatic rings. The summed E-state index contributed by atoms with van der Waals surface area (Å²) in [6.45, 7) is 4.95. The highest BCUT2D eigenvalue weighted by Gasteiger charge is 2.20. The highest BCUT2D eigenvalue weighted by molar-refractivity contribution is 5.76. The zero-order chi connectivity index (χ0) is 51.4. The number of carbonyl (C=O) groups is 2. The molecular formula is C65H125NO5. The lowest BCUT2D eigenvalue weighted by molar-refractivity contribution is -0.143. The summed E-state index contributed by atoms with van der Waals surface area (Å²) in [7, 11) is 0. The Morgan fingerprint density at radius 3 is 1.00 bits per heavy atom. The van der Waals surface area contributed by atoms with Crippen LogP contribution in [0.15, 0.2) is 24.3 Å². The molecule has 3 N–H and O–H groups in total. The van der Waals surface area contributed by atoms with Crippen molar-refractivity contribution in [1.82, 2.24) is 5.32 Å². The van der Waals surface area contributed by atoms with Crippen molar-refractivity contribution < 1.29 is 24.5 Å². The predicted molar refractivity (Wildman–Crippen MR) is 310 cm³/mol. The van der Waals surface area contributed by atoms with Gasteiger partial charge in [-0.3, -0.25) is 9.59 Å². The summed E-state index contributed by atoms with van der Waals surface area (Å²) in [5.74, 6) is -0.0257. The molecule has 1 amide bonds. The first kappa shape index (κ1) is 69.3. The third-order valence-corrected chi connectivity index (χ3v) is 15.0. The maximum Gasteiger partial charge on any atom is 0.305 e. The maximum absolute atomic E-state index is 12.4. The van der Waals surface area contributed by atoms with Crippen LogP contribution in [0, 0.1) is 0 Å². The molecule has 6 heteroatoms. The van der Waals surface area contributed by atoms with Gasteiger partial charge in [-0.2, -0.15) is 0 Å². The van der Waals surface area contributed by atoms with Crippen LogP contribution in [0.1, 0.15) is 354 Å². The van der Waals surface area contributed by atoms with Gasteiger partial charge in [-0.1, -0.05) is 289 Å². The number of ether oxygens (including phenoxy) is 1. The van der Waals surface area contributed by atoms with Gasteiger partial charge in [0.15, 0.2) is 0 Å². The SMILES string of the molecule is CCCCCCCCC/C=C\CCCCCCCCCC(=O)OCCCCCCCCCCCCCC/C=C\CCCCCCCCCCCCC(=O)NC(CO)C(O)CCCCCCCCCCCC. The molecule has 2 unspecified atom stereocenters. The number of aliphatic hydroxyl groups excluding tert-OH is 2. The van der Waals surface area contributed by atoms with E-state index in [2.05, 4.69) is 43.5 Å². The maximum atomic E-state index is 12.4. The Kier molecular flexibility index (Phi) is 59.5. The largest absolute Gasteiger partial charge is 0.466 e. The van der Waals surface area contributed by atoms with E-state index in [9.17, 15) is 19.8 Å². The standard InChI is InChI=1S/C65H125NO5/c1-3-5-7-9-11-13-15-16-17-18-30-33-36-39-43-47-51-55-59-65(70)71-60-56-52-48-44-40-37-34-31-28-26-24-22-20-19-21-23-25-27-29-32-35-38-42-46-50-54-58-64(69)66-62(61-67)63(68)57-53-49-45-41-14-12-10-8-6-4-2/h17-19,21,62-63,67-68H,3-16,20,22-61H2,1-2H3,(H,66,69)/b18-17-,21-19-. The fourth-order valence-electron chi connectivity index (χ4n) is 10.0. The van der Waals surface area contributed by atoms with Gasteiger partial charge in [0.25, 0.3) is 0 Å². The van der Waals surface area contributed by atoms with Gasteiger partial charge in [-0.05, 0) is 77.0 Å². The molecular weight excluding hydrogens is 875 g/mol. The molecule has 0 aliphatic heterocycles. The van der Waals surface area contributed by atoms with Crippen molar-refractivity contribution in [3.05, 3.63) is 24.3 Å². The predicted octanol–water partition coefficient (Wildman–Crippen LogP) is 20.2. The van der Waals surface area contributed by atoms with E-state index >= 15 is 0 Å². The second-order valence-electron chi connectivity index (χ2n) is 22.1. The van der Waals surface area contributed by atoms with E-state index in [-0.39, 0.29) is 18.5 Å². The van der Waals surface area contributed by atoms with Gasteiger partial charge in [-0.15, -0.1) is 0 Å². The fraction of sp³-hybridized carbons (Fsp3) is 0.908. The Morgan fingerprint density at radius 2 is 0.662 bits per heavy atom. The molecule has 0 heterocycles. The zero-order valence-electron chi connectivity index (χ0n) is 48.0. The smallest absolute Gasteiger partial charge is 0.305 e. The van der Waals surface area contributed by atoms with Crippen LogP contribution >= 0.6 is 0 Å². The van der Waals surface area contributed by atoms with E-state index < -0.39 is 12.1 Å². The van der Waals surface area contributed by atoms with Gasteiger partial charge in [0, 0.05) is 12.8 Å². The lowest BCUT2D eigenvalue weighted by Crippen LogP contribution is -2.45. The van der Waals surface area contributed by atoms with Crippen molar-refractivity contribution >= 4 is 11.9 Å². The molecule has 6 nitrogen and oxygen atoms in total. The normalized spacial score (nSPS) is 12.7. The summed E-state index contributed by atoms with van der Waals surface area (Å²) >= 11 is 0. The molecule has 0 aromatic rings. The first-order valence-electron chi connectivity index (χ1n) is 32.1. The highest BCUT2D eigenvalue weighted by Crippen LogP contribution is 2.17. The summed E-state index contributed by atoms with van der Waals surface area (Å²) < 4.78 is 5.50. The van der Waals surface area contributed by atoms with Gasteiger partial charge >= 0.3 is 5.97 Å². The van der Waals surface area contributed by atoms with Crippen molar-refractivity contribution in [1.29, 1.82) is 0 Å². The van der Waals surface area contributed by atoms with E-state index in [0.29, 0.717) is 25.9 Å². The number of allylic oxidation sites excluding steroid dienone is 4. The van der Waals surface area contributed by atoms with Crippen molar-refractivity contribution in [3.63, 3.8) is 0 Å². The van der Waals surface area contributed by atoms with Gasteiger partial charge in [0.2, 0.25) is 5.91 Å². The molecule has 0 spiro atoms. The first-order valence-corrected chi connectivity index (χ1v) is 32.1. The van der Waals surface area contributed by atoms with Crippen LogP contribution in [0.5, 0.6) is 0 Å². The Bertz CT molecular complexity index is 1110. The van der Waals surface area contributed by atoms with Crippen molar-refractivity contribution in [2.45, 2.75) is 366 Å². The van der Waals surface area contributed by atoms with E-state index in [1.807, 2.05) is 0 Å². The van der Waals surface area contributed by atoms with E-state index in [1.54, 1.807) is 0 Å².